The van der Waals surface area contributed by atoms with Crippen LogP contribution in [0.2, 0.25) is 0 Å². The minimum absolute atomic E-state index is 0.00429. The molecule has 1 fully saturated rings. The van der Waals surface area contributed by atoms with Crippen molar-refractivity contribution >= 4 is 90.7 Å². The van der Waals surface area contributed by atoms with Gasteiger partial charge in [0.15, 0.2) is 10.2 Å². The molecule has 2 aliphatic carbocycles. The van der Waals surface area contributed by atoms with Gasteiger partial charge < -0.3 is 35.5 Å². The molecule has 2 aromatic carbocycles. The molecule has 306 valence electrons. The van der Waals surface area contributed by atoms with Crippen LogP contribution in [0.5, 0.6) is 0 Å². The maximum absolute atomic E-state index is 13.3. The zero-order chi connectivity index (χ0) is 41.1. The number of hydrogen-bond donors (Lipinski definition) is 5. The van der Waals surface area contributed by atoms with Crippen LogP contribution in [0, 0.1) is 11.8 Å². The summed E-state index contributed by atoms with van der Waals surface area (Å²) in [5, 5.41) is 18.3. The fourth-order valence-corrected chi connectivity index (χ4v) is 10.9. The fraction of sp³-hybridized carbons (Fsp3) is 0.349. The predicted octanol–water partition coefficient (Wildman–Crippen LogP) is 5.82. The molecule has 1 amide bonds. The van der Waals surface area contributed by atoms with E-state index in [-0.39, 0.29) is 28.0 Å². The Morgan fingerprint density at radius 3 is 1.73 bits per heavy atom. The van der Waals surface area contributed by atoms with Crippen LogP contribution in [0.25, 0.3) is 22.1 Å². The Labute approximate surface area is 352 Å². The van der Waals surface area contributed by atoms with Crippen molar-refractivity contribution in [3.05, 3.63) is 82.7 Å². The number of nitrogens with one attached hydrogen (secondary N) is 4. The lowest BCUT2D eigenvalue weighted by Crippen LogP contribution is -2.49. The highest BCUT2D eigenvalue weighted by atomic mass is 32.2. The maximum atomic E-state index is 13.3. The Morgan fingerprint density at radius 2 is 1.22 bits per heavy atom. The van der Waals surface area contributed by atoms with Gasteiger partial charge in [-0.15, -0.1) is 0 Å². The summed E-state index contributed by atoms with van der Waals surface area (Å²) in [5.41, 5.74) is 9.72. The van der Waals surface area contributed by atoms with Crippen molar-refractivity contribution in [2.75, 3.05) is 43.9 Å². The lowest BCUT2D eigenvalue weighted by atomic mass is 9.85. The normalized spacial score (nSPS) is 19.6. The number of nitrogens with zero attached hydrogens (tertiary/aromatic N) is 6. The topological polar surface area (TPSA) is 202 Å². The lowest BCUT2D eigenvalue weighted by Gasteiger charge is -2.35. The number of H-pyrrole nitrogens is 2. The summed E-state index contributed by atoms with van der Waals surface area (Å²) in [5.74, 6) is 0.510. The Kier molecular flexibility index (Phi) is 10.0. The molecular formula is C43H42N10O5S2. The van der Waals surface area contributed by atoms with Crippen molar-refractivity contribution in [1.82, 2.24) is 39.7 Å². The van der Waals surface area contributed by atoms with Crippen molar-refractivity contribution in [1.29, 1.82) is 0 Å². The standard InChI is InChI=1S/C24H26N6O2S.C19H16N4O3S/c1-29-6-8-30(9-7-29)24(32)15-3-5-18-17(10-15)21-22(25-13-26-23(21)28-18)27-16-4-2-14-11-20(31)33-19(14)12-16;24-15-6-9-1-3-11(7-14(9)27-15)22-17-16-12-5-10(19(25)26)2-4-13(12)23-18(16)21-8-20-17/h2,4,12-13,15H,3,5-11H2,1H3,(H2,25,26,27,28);1,3,7-8,10H,2,4-6H2,(H,25,26)(H2,20,21,22,23). The summed E-state index contributed by atoms with van der Waals surface area (Å²) in [6.07, 6.45) is 8.22. The predicted molar refractivity (Wildman–Crippen MR) is 229 cm³/mol. The number of anilines is 4. The number of aryl methyl sites for hydroxylation is 2. The molecule has 0 spiro atoms. The van der Waals surface area contributed by atoms with Crippen LogP contribution < -0.4 is 10.6 Å². The maximum Gasteiger partial charge on any atom is 0.306 e. The largest absolute Gasteiger partial charge is 0.481 e. The first-order valence-electron chi connectivity index (χ1n) is 20.2. The van der Waals surface area contributed by atoms with Gasteiger partial charge in [0.2, 0.25) is 5.91 Å². The zero-order valence-electron chi connectivity index (χ0n) is 32.8. The summed E-state index contributed by atoms with van der Waals surface area (Å²) in [6, 6.07) is 11.9. The molecule has 5 N–H and O–H groups in total. The third kappa shape index (κ3) is 7.38. The highest BCUT2D eigenvalue weighted by molar-refractivity contribution is 8.14. The number of thioether (sulfide) groups is 2. The number of fused-ring (bicyclic) bond motifs is 8. The van der Waals surface area contributed by atoms with Crippen LogP contribution in [-0.2, 0) is 57.7 Å². The quantitative estimate of drug-likeness (QED) is 0.134. The molecule has 7 heterocycles. The molecular weight excluding hydrogens is 801 g/mol. The first-order valence-corrected chi connectivity index (χ1v) is 21.9. The summed E-state index contributed by atoms with van der Waals surface area (Å²) in [6.45, 7) is 3.48. The van der Waals surface area contributed by atoms with Gasteiger partial charge in [-0.1, -0.05) is 35.7 Å². The van der Waals surface area contributed by atoms with E-state index in [9.17, 15) is 24.3 Å². The first kappa shape index (κ1) is 38.4. The molecule has 2 unspecified atom stereocenters. The Bertz CT molecular complexity index is 2740. The van der Waals surface area contributed by atoms with Crippen molar-refractivity contribution in [2.24, 2.45) is 11.8 Å². The molecule has 0 bridgehead atoms. The number of likely N-dealkylation sites (N-methyl/N-ethyl adjacent to an activating group) is 1. The van der Waals surface area contributed by atoms with Crippen LogP contribution in [0.1, 0.15) is 46.5 Å². The number of carboxylic acids is 1. The summed E-state index contributed by atoms with van der Waals surface area (Å²) in [7, 11) is 2.10. The first-order chi connectivity index (χ1) is 29.1. The second kappa shape index (κ2) is 15.7. The van der Waals surface area contributed by atoms with E-state index in [1.165, 1.54) is 29.9 Å². The average molecular weight is 843 g/mol. The molecule has 1 saturated heterocycles. The monoisotopic (exact) mass is 842 g/mol. The zero-order valence-corrected chi connectivity index (χ0v) is 34.5. The van der Waals surface area contributed by atoms with Gasteiger partial charge >= 0.3 is 5.97 Å². The Hall–Kier alpha value is -5.78. The van der Waals surface area contributed by atoms with Gasteiger partial charge in [-0.3, -0.25) is 19.2 Å². The number of hydrogen-bond acceptors (Lipinski definition) is 13. The van der Waals surface area contributed by atoms with Crippen LogP contribution in [0.4, 0.5) is 23.0 Å². The van der Waals surface area contributed by atoms with Crippen LogP contribution in [-0.4, -0.2) is 100 Å². The summed E-state index contributed by atoms with van der Waals surface area (Å²) >= 11 is 2.56. The van der Waals surface area contributed by atoms with E-state index in [4.69, 9.17) is 0 Å². The smallest absolute Gasteiger partial charge is 0.306 e. The van der Waals surface area contributed by atoms with Crippen LogP contribution in [0.15, 0.2) is 58.8 Å². The van der Waals surface area contributed by atoms with Gasteiger partial charge in [-0.05, 0) is 92.1 Å². The van der Waals surface area contributed by atoms with Crippen LogP contribution in [0.3, 0.4) is 0 Å². The number of carbonyl (C=O) groups is 4. The summed E-state index contributed by atoms with van der Waals surface area (Å²) in [4.78, 5) is 78.9. The van der Waals surface area contributed by atoms with E-state index in [0.717, 1.165) is 116 Å². The number of piperazine rings is 1. The second-order valence-corrected chi connectivity index (χ2v) is 18.3. The van der Waals surface area contributed by atoms with Gasteiger partial charge in [0.25, 0.3) is 0 Å². The van der Waals surface area contributed by atoms with Gasteiger partial charge in [0.05, 0.1) is 16.7 Å². The van der Waals surface area contributed by atoms with E-state index in [0.29, 0.717) is 50.0 Å². The molecule has 4 aromatic heterocycles. The minimum Gasteiger partial charge on any atom is -0.481 e. The number of amides is 1. The van der Waals surface area contributed by atoms with Crippen molar-refractivity contribution in [3.63, 3.8) is 0 Å². The van der Waals surface area contributed by atoms with Crippen LogP contribution >= 0.6 is 23.5 Å². The van der Waals surface area contributed by atoms with Crippen molar-refractivity contribution < 1.29 is 24.3 Å². The molecule has 0 radical (unpaired) electrons. The molecule has 2 atom stereocenters. The van der Waals surface area contributed by atoms with Crippen molar-refractivity contribution in [3.8, 4) is 0 Å². The lowest BCUT2D eigenvalue weighted by molar-refractivity contribution is -0.142. The minimum atomic E-state index is -0.762. The number of carboxylic acid groups (broad SMARTS) is 1. The van der Waals surface area contributed by atoms with Gasteiger partial charge in [-0.25, -0.2) is 19.9 Å². The number of aromatic amines is 2. The van der Waals surface area contributed by atoms with E-state index in [2.05, 4.69) is 52.5 Å². The highest BCUT2D eigenvalue weighted by Crippen LogP contribution is 2.40. The Balaban J connectivity index is 0.000000147. The molecule has 5 aliphatic rings. The SMILES string of the molecule is CN1CCN(C(=O)C2CCc3[nH]c4ncnc(Nc5ccc6c(c5)SC(=O)C6)c4c3C2)CC1.O=C1Cc2ccc(Nc3ncnc4[nH]c5c(c34)CC(C(=O)O)CC5)cc2S1. The van der Waals surface area contributed by atoms with E-state index >= 15 is 0 Å². The molecule has 60 heavy (non-hydrogen) atoms. The molecule has 6 aromatic rings. The molecule has 3 aliphatic heterocycles. The van der Waals surface area contributed by atoms with E-state index in [1.54, 1.807) is 6.33 Å². The van der Waals surface area contributed by atoms with Gasteiger partial charge in [-0.2, -0.15) is 0 Å². The third-order valence-electron chi connectivity index (χ3n) is 12.2. The number of benzene rings is 2. The molecule has 0 saturated carbocycles. The molecule has 15 nitrogen and oxygen atoms in total. The average Bonchev–Trinajstić information content (AvgIpc) is 4.02. The molecule has 11 rings (SSSR count). The van der Waals surface area contributed by atoms with Crippen molar-refractivity contribution in [2.45, 2.75) is 61.2 Å². The fourth-order valence-electron chi connectivity index (χ4n) is 9.03. The molecule has 17 heteroatoms. The van der Waals surface area contributed by atoms with Gasteiger partial charge in [0, 0.05) is 77.5 Å². The number of carbonyl (C=O) groups excluding carboxylic acids is 3. The number of rotatable bonds is 6. The van der Waals surface area contributed by atoms with Gasteiger partial charge in [0.1, 0.15) is 35.6 Å². The second-order valence-electron chi connectivity index (χ2n) is 16.1. The van der Waals surface area contributed by atoms with E-state index < -0.39 is 5.97 Å². The Morgan fingerprint density at radius 1 is 0.717 bits per heavy atom. The van der Waals surface area contributed by atoms with E-state index in [1.807, 2.05) is 41.3 Å². The highest BCUT2D eigenvalue weighted by Gasteiger charge is 2.33. The number of aliphatic carboxylic acids is 1. The number of aromatic nitrogens is 6. The third-order valence-corrected chi connectivity index (χ3v) is 14.2. The summed E-state index contributed by atoms with van der Waals surface area (Å²) < 4.78 is 0.